The minimum Gasteiger partial charge on any atom is -0.412 e. The molecular formula is C19H18Cl2N2O2. The second-order valence-electron chi connectivity index (χ2n) is 5.78. The molecule has 0 bridgehead atoms. The molecule has 25 heavy (non-hydrogen) atoms. The molecule has 0 aliphatic carbocycles. The molecule has 1 aliphatic rings. The summed E-state index contributed by atoms with van der Waals surface area (Å²) >= 11 is 12.1. The van der Waals surface area contributed by atoms with Crippen molar-refractivity contribution in [2.75, 3.05) is 6.54 Å². The first-order valence-corrected chi connectivity index (χ1v) is 8.72. The van der Waals surface area contributed by atoms with Gasteiger partial charge in [0.15, 0.2) is 0 Å². The number of allylic oxidation sites excluding steroid dienone is 1. The number of amides is 1. The van der Waals surface area contributed by atoms with Crippen LogP contribution in [0.2, 0.25) is 10.0 Å². The predicted molar refractivity (Wildman–Crippen MR) is 99.3 cm³/mol. The Hall–Kier alpha value is -2.01. The van der Waals surface area contributed by atoms with E-state index in [9.17, 15) is 4.79 Å². The average molecular weight is 377 g/mol. The van der Waals surface area contributed by atoms with Crippen molar-refractivity contribution in [1.82, 2.24) is 10.8 Å². The molecule has 0 saturated carbocycles. The molecule has 0 spiro atoms. The van der Waals surface area contributed by atoms with Crippen LogP contribution in [0.25, 0.3) is 0 Å². The molecule has 6 heteroatoms. The van der Waals surface area contributed by atoms with Gasteiger partial charge in [-0.1, -0.05) is 53.5 Å². The van der Waals surface area contributed by atoms with Crippen LogP contribution in [-0.2, 0) is 16.1 Å². The average Bonchev–Trinajstić information content (AvgIpc) is 2.98. The van der Waals surface area contributed by atoms with Crippen LogP contribution < -0.4 is 10.8 Å². The molecule has 3 rings (SSSR count). The van der Waals surface area contributed by atoms with Gasteiger partial charge < -0.3 is 10.2 Å². The molecule has 1 aliphatic heterocycles. The number of nitrogens with one attached hydrogen (secondary N) is 2. The Kier molecular flexibility index (Phi) is 5.63. The van der Waals surface area contributed by atoms with E-state index in [0.717, 1.165) is 17.5 Å². The molecule has 1 heterocycles. The van der Waals surface area contributed by atoms with Gasteiger partial charge in [0.25, 0.3) is 5.91 Å². The van der Waals surface area contributed by atoms with Gasteiger partial charge in [-0.25, -0.2) is 0 Å². The zero-order valence-electron chi connectivity index (χ0n) is 13.7. The maximum absolute atomic E-state index is 12.6. The van der Waals surface area contributed by atoms with Crippen LogP contribution in [0.1, 0.15) is 24.1 Å². The quantitative estimate of drug-likeness (QED) is 0.821. The lowest BCUT2D eigenvalue weighted by Crippen LogP contribution is -2.30. The topological polar surface area (TPSA) is 50.4 Å². The van der Waals surface area contributed by atoms with Gasteiger partial charge in [0.05, 0.1) is 5.57 Å². The largest absolute Gasteiger partial charge is 0.412 e. The highest BCUT2D eigenvalue weighted by Crippen LogP contribution is 2.33. The molecule has 0 aromatic heterocycles. The second-order valence-corrected chi connectivity index (χ2v) is 6.62. The number of benzene rings is 2. The monoisotopic (exact) mass is 376 g/mol. The highest BCUT2D eigenvalue weighted by atomic mass is 35.5. The summed E-state index contributed by atoms with van der Waals surface area (Å²) in [5, 5.41) is 4.23. The molecule has 2 aromatic carbocycles. The smallest absolute Gasteiger partial charge is 0.252 e. The highest BCUT2D eigenvalue weighted by molar-refractivity contribution is 6.31. The molecule has 130 valence electrons. The van der Waals surface area contributed by atoms with E-state index >= 15 is 0 Å². The van der Waals surface area contributed by atoms with Crippen molar-refractivity contribution in [2.24, 2.45) is 0 Å². The van der Waals surface area contributed by atoms with Gasteiger partial charge in [-0.2, -0.15) is 0 Å². The summed E-state index contributed by atoms with van der Waals surface area (Å²) in [4.78, 5) is 18.0. The van der Waals surface area contributed by atoms with E-state index in [4.69, 9.17) is 28.0 Å². The van der Waals surface area contributed by atoms with E-state index in [0.29, 0.717) is 27.9 Å². The summed E-state index contributed by atoms with van der Waals surface area (Å²) in [6.07, 6.45) is 0.723. The van der Waals surface area contributed by atoms with E-state index < -0.39 is 0 Å². The first-order valence-electron chi connectivity index (χ1n) is 7.96. The zero-order valence-corrected chi connectivity index (χ0v) is 15.2. The Balaban J connectivity index is 1.66. The van der Waals surface area contributed by atoms with E-state index in [1.165, 1.54) is 0 Å². The fraction of sp³-hybridized carbons (Fsp3) is 0.211. The lowest BCUT2D eigenvalue weighted by Gasteiger charge is -2.15. The van der Waals surface area contributed by atoms with E-state index in [-0.39, 0.29) is 11.9 Å². The van der Waals surface area contributed by atoms with Crippen LogP contribution in [0.15, 0.2) is 59.9 Å². The molecule has 2 aromatic rings. The molecule has 1 atom stereocenters. The standard InChI is InChI=1S/C19H18Cl2N2O2/c1-12-17(18(23-25-12)15-4-2-3-5-16(15)21)19(24)22-11-10-13-6-8-14(20)9-7-13/h2-9,18,23H,10-11H2,1H3,(H,22,24). The number of carbonyl (C=O) groups is 1. The van der Waals surface area contributed by atoms with Crippen LogP contribution in [0.3, 0.4) is 0 Å². The number of carbonyl (C=O) groups excluding carboxylic acids is 1. The summed E-state index contributed by atoms with van der Waals surface area (Å²) in [6.45, 7) is 2.28. The number of hydroxylamine groups is 1. The maximum Gasteiger partial charge on any atom is 0.252 e. The van der Waals surface area contributed by atoms with Gasteiger partial charge >= 0.3 is 0 Å². The van der Waals surface area contributed by atoms with E-state index in [2.05, 4.69) is 10.8 Å². The lowest BCUT2D eigenvalue weighted by molar-refractivity contribution is -0.117. The van der Waals surface area contributed by atoms with Crippen molar-refractivity contribution in [1.29, 1.82) is 0 Å². The number of hydrogen-bond acceptors (Lipinski definition) is 3. The first kappa shape index (κ1) is 17.8. The molecule has 2 N–H and O–H groups in total. The van der Waals surface area contributed by atoms with Gasteiger partial charge in [0, 0.05) is 16.6 Å². The van der Waals surface area contributed by atoms with Gasteiger partial charge in [0.1, 0.15) is 11.8 Å². The third-order valence-electron chi connectivity index (χ3n) is 4.07. The van der Waals surface area contributed by atoms with Gasteiger partial charge in [-0.15, -0.1) is 5.48 Å². The third kappa shape index (κ3) is 4.15. The summed E-state index contributed by atoms with van der Waals surface area (Å²) < 4.78 is 0. The highest BCUT2D eigenvalue weighted by Gasteiger charge is 2.32. The van der Waals surface area contributed by atoms with Crippen molar-refractivity contribution in [2.45, 2.75) is 19.4 Å². The maximum atomic E-state index is 12.6. The van der Waals surface area contributed by atoms with Gasteiger partial charge in [-0.05, 0) is 42.7 Å². The van der Waals surface area contributed by atoms with Crippen LogP contribution in [-0.4, -0.2) is 12.5 Å². The second kappa shape index (κ2) is 7.91. The minimum atomic E-state index is -0.385. The van der Waals surface area contributed by atoms with Crippen LogP contribution in [0.5, 0.6) is 0 Å². The summed E-state index contributed by atoms with van der Waals surface area (Å²) in [5.41, 5.74) is 5.34. The lowest BCUT2D eigenvalue weighted by atomic mass is 9.98. The molecular weight excluding hydrogens is 359 g/mol. The Morgan fingerprint density at radius 1 is 1.16 bits per heavy atom. The normalized spacial score (nSPS) is 16.7. The Morgan fingerprint density at radius 2 is 1.88 bits per heavy atom. The van der Waals surface area contributed by atoms with E-state index in [1.54, 1.807) is 13.0 Å². The zero-order chi connectivity index (χ0) is 17.8. The van der Waals surface area contributed by atoms with Crippen LogP contribution in [0.4, 0.5) is 0 Å². The number of hydrogen-bond donors (Lipinski definition) is 2. The van der Waals surface area contributed by atoms with Crippen molar-refractivity contribution in [3.63, 3.8) is 0 Å². The molecule has 4 nitrogen and oxygen atoms in total. The van der Waals surface area contributed by atoms with Gasteiger partial charge in [-0.3, -0.25) is 4.79 Å². The van der Waals surface area contributed by atoms with Crippen LogP contribution >= 0.6 is 23.2 Å². The van der Waals surface area contributed by atoms with E-state index in [1.807, 2.05) is 42.5 Å². The first-order chi connectivity index (χ1) is 12.1. The minimum absolute atomic E-state index is 0.165. The van der Waals surface area contributed by atoms with Crippen molar-refractivity contribution in [3.8, 4) is 0 Å². The molecule has 0 saturated heterocycles. The molecule has 1 unspecified atom stereocenters. The van der Waals surface area contributed by atoms with Gasteiger partial charge in [0.2, 0.25) is 0 Å². The SMILES string of the molecule is CC1=C(C(=O)NCCc2ccc(Cl)cc2)C(c2ccccc2Cl)NO1. The predicted octanol–water partition coefficient (Wildman–Crippen LogP) is 4.20. The number of rotatable bonds is 5. The molecule has 0 radical (unpaired) electrons. The summed E-state index contributed by atoms with van der Waals surface area (Å²) in [5.74, 6) is 0.385. The summed E-state index contributed by atoms with van der Waals surface area (Å²) in [7, 11) is 0. The molecule has 0 fully saturated rings. The van der Waals surface area contributed by atoms with Crippen molar-refractivity contribution < 1.29 is 9.63 Å². The fourth-order valence-corrected chi connectivity index (χ4v) is 3.12. The Labute approximate surface area is 156 Å². The third-order valence-corrected chi connectivity index (χ3v) is 4.67. The fourth-order valence-electron chi connectivity index (χ4n) is 2.75. The molecule has 1 amide bonds. The Morgan fingerprint density at radius 3 is 2.60 bits per heavy atom. The number of halogens is 2. The van der Waals surface area contributed by atoms with Crippen LogP contribution in [0, 0.1) is 0 Å². The van der Waals surface area contributed by atoms with Crippen molar-refractivity contribution >= 4 is 29.1 Å². The van der Waals surface area contributed by atoms with Crippen molar-refractivity contribution in [3.05, 3.63) is 81.0 Å². The Bertz CT molecular complexity index is 803. The summed E-state index contributed by atoms with van der Waals surface area (Å²) in [6, 6.07) is 14.6.